The molecule has 1 aliphatic rings. The van der Waals surface area contributed by atoms with Crippen molar-refractivity contribution in [3.05, 3.63) is 89.3 Å². The first kappa shape index (κ1) is 21.3. The summed E-state index contributed by atoms with van der Waals surface area (Å²) in [5.74, 6) is -0.0799. The van der Waals surface area contributed by atoms with Crippen LogP contribution in [0.25, 0.3) is 16.3 Å². The first-order valence-corrected chi connectivity index (χ1v) is 10.3. The fraction of sp³-hybridized carbons (Fsp3) is 0.160. The topological polar surface area (TPSA) is 94.6 Å². The number of hydrogen-bond acceptors (Lipinski definition) is 5. The number of carbonyl (C=O) groups is 2. The number of likely N-dealkylation sites (N-methyl/N-ethyl adjacent to an activating group) is 1. The van der Waals surface area contributed by atoms with Gasteiger partial charge in [0.25, 0.3) is 11.8 Å². The molecule has 2 heterocycles. The van der Waals surface area contributed by atoms with Crippen molar-refractivity contribution in [3.8, 4) is 0 Å². The summed E-state index contributed by atoms with van der Waals surface area (Å²) in [6.45, 7) is 0.724. The van der Waals surface area contributed by atoms with Crippen molar-refractivity contribution in [1.29, 1.82) is 0 Å². The Morgan fingerprint density at radius 1 is 1.03 bits per heavy atom. The largest absolute Gasteiger partial charge is 0.390 e. The van der Waals surface area contributed by atoms with Crippen molar-refractivity contribution < 1.29 is 14.7 Å². The zero-order chi connectivity index (χ0) is 22.7. The number of carbonyl (C=O) groups excluding carboxylic acids is 2. The van der Waals surface area contributed by atoms with Crippen molar-refractivity contribution in [1.82, 2.24) is 15.2 Å². The highest BCUT2D eigenvalue weighted by Crippen LogP contribution is 2.28. The summed E-state index contributed by atoms with van der Waals surface area (Å²) < 4.78 is 0. The molecule has 0 fully saturated rings. The van der Waals surface area contributed by atoms with Crippen LogP contribution in [0, 0.1) is 0 Å². The van der Waals surface area contributed by atoms with Crippen LogP contribution in [0.15, 0.2) is 72.6 Å². The Kier molecular flexibility index (Phi) is 6.00. The van der Waals surface area contributed by atoms with E-state index in [9.17, 15) is 14.7 Å². The number of aromatic nitrogens is 1. The molecule has 162 valence electrons. The molecule has 0 saturated carbocycles. The van der Waals surface area contributed by atoms with E-state index in [1.165, 1.54) is 0 Å². The van der Waals surface area contributed by atoms with Crippen LogP contribution in [0.3, 0.4) is 0 Å². The SMILES string of the molecule is CNC(=O)c1ccc(C(=O)Nc2cc3cc(C4=C(CO)N(C)CC=C4)ccc3cn2)cc1. The predicted molar refractivity (Wildman–Crippen MR) is 125 cm³/mol. The summed E-state index contributed by atoms with van der Waals surface area (Å²) in [5.41, 5.74) is 3.75. The summed E-state index contributed by atoms with van der Waals surface area (Å²) in [6, 6.07) is 14.3. The molecule has 0 radical (unpaired) electrons. The van der Waals surface area contributed by atoms with Crippen LogP contribution < -0.4 is 10.6 Å². The molecule has 2 amide bonds. The van der Waals surface area contributed by atoms with E-state index in [4.69, 9.17) is 0 Å². The number of pyridine rings is 1. The van der Waals surface area contributed by atoms with Crippen LogP contribution in [0.4, 0.5) is 5.82 Å². The van der Waals surface area contributed by atoms with Gasteiger partial charge in [-0.2, -0.15) is 0 Å². The van der Waals surface area contributed by atoms with Gasteiger partial charge in [0, 0.05) is 54.6 Å². The van der Waals surface area contributed by atoms with Gasteiger partial charge in [-0.3, -0.25) is 9.59 Å². The van der Waals surface area contributed by atoms with Gasteiger partial charge in [0.05, 0.1) is 6.61 Å². The molecule has 0 aliphatic carbocycles. The van der Waals surface area contributed by atoms with Crippen LogP contribution in [0.2, 0.25) is 0 Å². The lowest BCUT2D eigenvalue weighted by molar-refractivity contribution is 0.0961. The minimum absolute atomic E-state index is 0.0371. The summed E-state index contributed by atoms with van der Waals surface area (Å²) in [4.78, 5) is 30.7. The third-order valence-corrected chi connectivity index (χ3v) is 5.50. The fourth-order valence-electron chi connectivity index (χ4n) is 3.69. The normalized spacial score (nSPS) is 13.4. The van der Waals surface area contributed by atoms with Crippen molar-refractivity contribution >= 4 is 34.0 Å². The van der Waals surface area contributed by atoms with E-state index in [0.29, 0.717) is 16.9 Å². The number of rotatable bonds is 5. The molecule has 32 heavy (non-hydrogen) atoms. The molecule has 1 aliphatic heterocycles. The molecular weight excluding hydrogens is 404 g/mol. The maximum Gasteiger partial charge on any atom is 0.256 e. The van der Waals surface area contributed by atoms with Crippen molar-refractivity contribution in [2.75, 3.05) is 32.6 Å². The number of fused-ring (bicyclic) bond motifs is 1. The summed E-state index contributed by atoms with van der Waals surface area (Å²) in [7, 11) is 3.51. The molecule has 3 N–H and O–H groups in total. The zero-order valence-corrected chi connectivity index (χ0v) is 17.9. The smallest absolute Gasteiger partial charge is 0.256 e. The van der Waals surface area contributed by atoms with E-state index in [-0.39, 0.29) is 18.4 Å². The average Bonchev–Trinajstić information content (AvgIpc) is 2.83. The molecule has 4 rings (SSSR count). The average molecular weight is 428 g/mol. The van der Waals surface area contributed by atoms with E-state index in [1.54, 1.807) is 37.5 Å². The molecule has 0 atom stereocenters. The number of amides is 2. The van der Waals surface area contributed by atoms with Crippen molar-refractivity contribution in [2.45, 2.75) is 0 Å². The first-order chi connectivity index (χ1) is 15.5. The van der Waals surface area contributed by atoms with E-state index in [1.807, 2.05) is 42.3 Å². The van der Waals surface area contributed by atoms with Gasteiger partial charge in [-0.25, -0.2) is 4.98 Å². The van der Waals surface area contributed by atoms with Gasteiger partial charge >= 0.3 is 0 Å². The minimum atomic E-state index is -0.307. The lowest BCUT2D eigenvalue weighted by Gasteiger charge is -2.26. The molecule has 0 bridgehead atoms. The zero-order valence-electron chi connectivity index (χ0n) is 17.9. The van der Waals surface area contributed by atoms with Gasteiger partial charge in [0.1, 0.15) is 5.82 Å². The molecule has 2 aromatic carbocycles. The monoisotopic (exact) mass is 428 g/mol. The fourth-order valence-corrected chi connectivity index (χ4v) is 3.69. The Balaban J connectivity index is 1.60. The number of nitrogens with zero attached hydrogens (tertiary/aromatic N) is 2. The maximum absolute atomic E-state index is 12.6. The van der Waals surface area contributed by atoms with Crippen LogP contribution in [-0.4, -0.2) is 54.1 Å². The van der Waals surface area contributed by atoms with Gasteiger partial charge in [0.15, 0.2) is 0 Å². The van der Waals surface area contributed by atoms with Crippen LogP contribution in [0.1, 0.15) is 26.3 Å². The van der Waals surface area contributed by atoms with Gasteiger partial charge in [-0.15, -0.1) is 0 Å². The Labute approximate surface area is 186 Å². The van der Waals surface area contributed by atoms with Crippen molar-refractivity contribution in [3.63, 3.8) is 0 Å². The van der Waals surface area contributed by atoms with Gasteiger partial charge in [-0.05, 0) is 47.3 Å². The highest BCUT2D eigenvalue weighted by Gasteiger charge is 2.15. The number of aliphatic hydroxyl groups excluding tert-OH is 1. The Morgan fingerprint density at radius 3 is 2.44 bits per heavy atom. The van der Waals surface area contributed by atoms with Crippen LogP contribution in [0.5, 0.6) is 0 Å². The highest BCUT2D eigenvalue weighted by atomic mass is 16.3. The third-order valence-electron chi connectivity index (χ3n) is 5.50. The second-order valence-corrected chi connectivity index (χ2v) is 7.54. The molecule has 0 saturated heterocycles. The van der Waals surface area contributed by atoms with Crippen LogP contribution >= 0.6 is 0 Å². The molecule has 7 heteroatoms. The summed E-state index contributed by atoms with van der Waals surface area (Å²) >= 11 is 0. The number of allylic oxidation sites excluding steroid dienone is 2. The van der Waals surface area contributed by atoms with Gasteiger partial charge in [-0.1, -0.05) is 24.3 Å². The number of anilines is 1. The van der Waals surface area contributed by atoms with E-state index in [2.05, 4.69) is 21.7 Å². The molecule has 1 aromatic heterocycles. The molecular formula is C25H24N4O3. The Hall–Kier alpha value is -3.97. The lowest BCUT2D eigenvalue weighted by Crippen LogP contribution is -2.23. The van der Waals surface area contributed by atoms with Gasteiger partial charge < -0.3 is 20.6 Å². The van der Waals surface area contributed by atoms with E-state index < -0.39 is 0 Å². The minimum Gasteiger partial charge on any atom is -0.390 e. The standard InChI is InChI=1S/C25H24N4O3/c1-26-24(31)16-5-7-17(8-6-16)25(32)28-23-13-20-12-18(9-10-19(20)14-27-23)21-4-3-11-29(2)22(21)15-30/h3-10,12-14,30H,11,15H2,1-2H3,(H,26,31)(H,27,28,32). The summed E-state index contributed by atoms with van der Waals surface area (Å²) in [6.07, 6.45) is 5.80. The lowest BCUT2D eigenvalue weighted by atomic mass is 9.98. The second-order valence-electron chi connectivity index (χ2n) is 7.54. The quantitative estimate of drug-likeness (QED) is 0.581. The predicted octanol–water partition coefficient (Wildman–Crippen LogP) is 3.05. The van der Waals surface area contributed by atoms with Crippen LogP contribution in [-0.2, 0) is 0 Å². The molecule has 0 spiro atoms. The van der Waals surface area contributed by atoms with E-state index in [0.717, 1.165) is 34.2 Å². The Morgan fingerprint density at radius 2 is 1.75 bits per heavy atom. The molecule has 0 unspecified atom stereocenters. The summed E-state index contributed by atoms with van der Waals surface area (Å²) in [5, 5.41) is 17.0. The third kappa shape index (κ3) is 4.24. The molecule has 3 aromatic rings. The number of nitrogens with one attached hydrogen (secondary N) is 2. The first-order valence-electron chi connectivity index (χ1n) is 10.3. The highest BCUT2D eigenvalue weighted by molar-refractivity contribution is 6.05. The van der Waals surface area contributed by atoms with E-state index >= 15 is 0 Å². The van der Waals surface area contributed by atoms with Crippen molar-refractivity contribution in [2.24, 2.45) is 0 Å². The number of hydrogen-bond donors (Lipinski definition) is 3. The second kappa shape index (κ2) is 9.03. The Bertz CT molecular complexity index is 1250. The molecule has 7 nitrogen and oxygen atoms in total. The number of aliphatic hydroxyl groups is 1. The maximum atomic E-state index is 12.6. The number of benzene rings is 2. The van der Waals surface area contributed by atoms with Gasteiger partial charge in [0.2, 0.25) is 0 Å².